The summed E-state index contributed by atoms with van der Waals surface area (Å²) >= 11 is 1.59. The maximum absolute atomic E-state index is 14.2. The Morgan fingerprint density at radius 1 is 1.07 bits per heavy atom. The van der Waals surface area contributed by atoms with Crippen molar-refractivity contribution >= 4 is 35.1 Å². The van der Waals surface area contributed by atoms with Crippen LogP contribution in [0.3, 0.4) is 0 Å². The van der Waals surface area contributed by atoms with Crippen LogP contribution in [-0.4, -0.2) is 104 Å². The number of aliphatic hydroxyl groups is 2. The lowest BCUT2D eigenvalue weighted by molar-refractivity contribution is -0.141. The van der Waals surface area contributed by atoms with Crippen LogP contribution >= 0.6 is 11.3 Å². The summed E-state index contributed by atoms with van der Waals surface area (Å²) in [5.74, 6) is 0.0387. The predicted molar refractivity (Wildman–Crippen MR) is 211 cm³/mol. The summed E-state index contributed by atoms with van der Waals surface area (Å²) in [6.45, 7) is 15.8. The van der Waals surface area contributed by atoms with Crippen molar-refractivity contribution in [2.45, 2.75) is 122 Å². The van der Waals surface area contributed by atoms with E-state index in [-0.39, 0.29) is 42.8 Å². The summed E-state index contributed by atoms with van der Waals surface area (Å²) in [4.78, 5) is 51.2. The fourth-order valence-corrected chi connectivity index (χ4v) is 9.04. The van der Waals surface area contributed by atoms with Crippen LogP contribution in [0, 0.1) is 18.8 Å². The van der Waals surface area contributed by atoms with Gasteiger partial charge >= 0.3 is 6.09 Å². The van der Waals surface area contributed by atoms with E-state index in [1.54, 1.807) is 16.2 Å². The van der Waals surface area contributed by atoms with Crippen molar-refractivity contribution in [3.63, 3.8) is 0 Å². The number of anilines is 1. The number of aliphatic hydroxyl groups excluding tert-OH is 1. The van der Waals surface area contributed by atoms with Crippen LogP contribution in [0.15, 0.2) is 40.4 Å². The van der Waals surface area contributed by atoms with E-state index in [9.17, 15) is 24.6 Å². The summed E-state index contributed by atoms with van der Waals surface area (Å²) in [5, 5.41) is 29.5. The Bertz CT molecular complexity index is 1790. The molecule has 3 aliphatic rings. The maximum atomic E-state index is 14.2. The second-order valence-electron chi connectivity index (χ2n) is 17.2. The second-order valence-corrected chi connectivity index (χ2v) is 18.0. The number of amides is 3. The van der Waals surface area contributed by atoms with Crippen LogP contribution in [0.4, 0.5) is 10.6 Å². The molecule has 14 heteroatoms. The molecule has 0 unspecified atom stereocenters. The topological polar surface area (TPSA) is 162 Å². The van der Waals surface area contributed by atoms with Gasteiger partial charge in [0, 0.05) is 45.2 Å². The van der Waals surface area contributed by atoms with Gasteiger partial charge in [0.05, 0.1) is 33.8 Å². The number of hydrogen-bond donors (Lipinski definition) is 3. The van der Waals surface area contributed by atoms with E-state index in [1.165, 1.54) is 4.90 Å². The normalized spacial score (nSPS) is 21.8. The molecule has 0 saturated carbocycles. The number of carbonyl (C=O) groups excluding carboxylic acids is 3. The van der Waals surface area contributed by atoms with Gasteiger partial charge in [-0.2, -0.15) is 0 Å². The van der Waals surface area contributed by atoms with Gasteiger partial charge in [-0.25, -0.2) is 9.78 Å². The Morgan fingerprint density at radius 2 is 1.75 bits per heavy atom. The quantitative estimate of drug-likeness (QED) is 0.221. The van der Waals surface area contributed by atoms with Crippen molar-refractivity contribution in [2.75, 3.05) is 37.6 Å². The molecule has 0 radical (unpaired) electrons. The molecule has 1 aromatic carbocycles. The minimum absolute atomic E-state index is 0.0668. The molecule has 55 heavy (non-hydrogen) atoms. The van der Waals surface area contributed by atoms with Crippen LogP contribution in [0.1, 0.15) is 109 Å². The Balaban J connectivity index is 1.03. The fourth-order valence-electron chi connectivity index (χ4n) is 8.23. The molecule has 3 aliphatic heterocycles. The number of nitrogens with one attached hydrogen (secondary N) is 1. The molecule has 3 N–H and O–H groups in total. The van der Waals surface area contributed by atoms with E-state index < -0.39 is 29.3 Å². The molecule has 4 atom stereocenters. The van der Waals surface area contributed by atoms with Crippen LogP contribution in [0.2, 0.25) is 0 Å². The Labute approximate surface area is 328 Å². The molecule has 0 bridgehead atoms. The van der Waals surface area contributed by atoms with Gasteiger partial charge in [0.25, 0.3) is 0 Å². The highest BCUT2D eigenvalue weighted by Gasteiger charge is 2.44. The molecule has 0 aliphatic carbocycles. The summed E-state index contributed by atoms with van der Waals surface area (Å²) in [6.07, 6.45) is 2.52. The van der Waals surface area contributed by atoms with Crippen LogP contribution < -0.4 is 10.2 Å². The zero-order valence-electron chi connectivity index (χ0n) is 33.3. The minimum Gasteiger partial charge on any atom is -0.444 e. The van der Waals surface area contributed by atoms with Gasteiger partial charge in [0.15, 0.2) is 11.6 Å². The van der Waals surface area contributed by atoms with E-state index in [4.69, 9.17) is 9.26 Å². The lowest BCUT2D eigenvalue weighted by atomic mass is 9.79. The first-order valence-electron chi connectivity index (χ1n) is 19.7. The summed E-state index contributed by atoms with van der Waals surface area (Å²) in [5.41, 5.74) is 3.46. The van der Waals surface area contributed by atoms with Gasteiger partial charge in [-0.1, -0.05) is 43.3 Å². The first-order chi connectivity index (χ1) is 26.0. The van der Waals surface area contributed by atoms with Crippen molar-refractivity contribution in [1.82, 2.24) is 25.3 Å². The molecule has 6 rings (SSSR count). The average molecular weight is 779 g/mol. The third-order valence-corrected chi connectivity index (χ3v) is 12.3. The molecular weight excluding hydrogens is 721 g/mol. The van der Waals surface area contributed by atoms with Crippen LogP contribution in [0.5, 0.6) is 0 Å². The number of nitrogens with zero attached hydrogens (tertiary/aromatic N) is 5. The standard InChI is InChI=1S/C41H58N6O7S/c1-25(2)35(38(50)47-23-31(48)20-32(47)37(49)43-26(3)29-8-10-30(11-9-29)36-27(4)42-24-55-36)33-21-34(44-54-33)45-16-12-28(13-17-45)22-41(52)14-18-46(19-15-41)39(51)53-40(5,6)7/h8-11,21,24-26,28,31-32,35,48,52H,12-20,22-23H2,1-7H3,(H,43,49)/t26-,31+,32-,35-/m0/s1. The number of aromatic nitrogens is 2. The highest BCUT2D eigenvalue weighted by molar-refractivity contribution is 7.13. The summed E-state index contributed by atoms with van der Waals surface area (Å²) in [7, 11) is 0. The number of benzene rings is 1. The van der Waals surface area contributed by atoms with Gasteiger partial charge in [-0.05, 0) is 89.7 Å². The predicted octanol–water partition coefficient (Wildman–Crippen LogP) is 6.05. The number of thiazole rings is 1. The molecule has 13 nitrogen and oxygen atoms in total. The number of ether oxygens (including phenoxy) is 1. The molecule has 3 aromatic rings. The van der Waals surface area contributed by atoms with Crippen molar-refractivity contribution in [3.05, 3.63) is 52.9 Å². The average Bonchev–Trinajstić information content (AvgIpc) is 3.88. The van der Waals surface area contributed by atoms with E-state index in [0.29, 0.717) is 49.8 Å². The number of piperidine rings is 2. The largest absolute Gasteiger partial charge is 0.444 e. The van der Waals surface area contributed by atoms with Gasteiger partial charge in [-0.3, -0.25) is 9.59 Å². The van der Waals surface area contributed by atoms with Crippen molar-refractivity contribution in [1.29, 1.82) is 0 Å². The zero-order chi connectivity index (χ0) is 39.7. The second kappa shape index (κ2) is 16.6. The SMILES string of the molecule is Cc1ncsc1-c1ccc([C@H](C)NC(=O)[C@@H]2C[C@@H](O)CN2C(=O)[C@H](c2cc(N3CCC(CC4(O)CCN(C(=O)OC(C)(C)C)CC4)CC3)no2)C(C)C)cc1. The lowest BCUT2D eigenvalue weighted by Gasteiger charge is -2.41. The smallest absolute Gasteiger partial charge is 0.410 e. The Hall–Kier alpha value is -4.01. The van der Waals surface area contributed by atoms with E-state index >= 15 is 0 Å². The number of β-amino-alcohol motifs (C(OH)–C–C–N with tert-alkyl or cyclic N) is 1. The highest BCUT2D eigenvalue weighted by Crippen LogP contribution is 2.37. The van der Waals surface area contributed by atoms with Gasteiger partial charge in [0.2, 0.25) is 11.8 Å². The monoisotopic (exact) mass is 778 g/mol. The van der Waals surface area contributed by atoms with Crippen molar-refractivity contribution in [2.24, 2.45) is 11.8 Å². The van der Waals surface area contributed by atoms with Gasteiger partial charge in [-0.15, -0.1) is 11.3 Å². The molecule has 3 saturated heterocycles. The van der Waals surface area contributed by atoms with E-state index in [0.717, 1.165) is 47.6 Å². The maximum Gasteiger partial charge on any atom is 0.410 e. The summed E-state index contributed by atoms with van der Waals surface area (Å²) in [6, 6.07) is 8.76. The molecule has 3 amide bonds. The number of hydrogen-bond acceptors (Lipinski definition) is 11. The third kappa shape index (κ3) is 9.69. The van der Waals surface area contributed by atoms with Crippen molar-refractivity contribution < 1.29 is 33.9 Å². The fraction of sp³-hybridized carbons (Fsp3) is 0.634. The Morgan fingerprint density at radius 3 is 2.35 bits per heavy atom. The molecule has 5 heterocycles. The Kier molecular flexibility index (Phi) is 12.3. The molecule has 3 fully saturated rings. The number of carbonyl (C=O) groups is 3. The van der Waals surface area contributed by atoms with Crippen molar-refractivity contribution in [3.8, 4) is 10.4 Å². The van der Waals surface area contributed by atoms with E-state index in [1.807, 2.05) is 84.3 Å². The number of rotatable bonds is 10. The molecule has 2 aromatic heterocycles. The first-order valence-corrected chi connectivity index (χ1v) is 20.6. The number of likely N-dealkylation sites (tertiary alicyclic amines) is 2. The third-order valence-electron chi connectivity index (χ3n) is 11.4. The van der Waals surface area contributed by atoms with Crippen LogP contribution in [0.25, 0.3) is 10.4 Å². The molecular formula is C41H58N6O7S. The lowest BCUT2D eigenvalue weighted by Crippen LogP contribution is -2.49. The summed E-state index contributed by atoms with van der Waals surface area (Å²) < 4.78 is 11.4. The highest BCUT2D eigenvalue weighted by atomic mass is 32.1. The van der Waals surface area contributed by atoms with Gasteiger partial charge in [0.1, 0.15) is 17.6 Å². The molecule has 0 spiro atoms. The molecule has 300 valence electrons. The first kappa shape index (κ1) is 40.6. The van der Waals surface area contributed by atoms with E-state index in [2.05, 4.69) is 20.4 Å². The zero-order valence-corrected chi connectivity index (χ0v) is 34.1. The van der Waals surface area contributed by atoms with Crippen LogP contribution in [-0.2, 0) is 14.3 Å². The minimum atomic E-state index is -0.814. The number of aryl methyl sites for hydroxylation is 1. The van der Waals surface area contributed by atoms with Gasteiger partial charge < -0.3 is 39.5 Å².